The fourth-order valence-electron chi connectivity index (χ4n) is 2.71. The molecule has 6 heteroatoms. The van der Waals surface area contributed by atoms with Crippen LogP contribution in [-0.4, -0.2) is 34.1 Å². The van der Waals surface area contributed by atoms with Crippen molar-refractivity contribution in [3.05, 3.63) is 40.0 Å². The van der Waals surface area contributed by atoms with Crippen LogP contribution in [0, 0.1) is 6.92 Å². The average molecular weight is 338 g/mol. The fraction of sp³-hybridized carbons (Fsp3) is 0.429. The molecular formula is C14H16BrN3O2. The van der Waals surface area contributed by atoms with E-state index in [0.717, 1.165) is 30.6 Å². The first-order valence-electron chi connectivity index (χ1n) is 6.69. The maximum atomic E-state index is 12.5. The molecule has 0 spiro atoms. The van der Waals surface area contributed by atoms with Crippen molar-refractivity contribution in [1.82, 2.24) is 15.1 Å². The Bertz CT molecular complexity index is 606. The summed E-state index contributed by atoms with van der Waals surface area (Å²) in [7, 11) is 0. The van der Waals surface area contributed by atoms with Gasteiger partial charge in [0.15, 0.2) is 10.4 Å². The Morgan fingerprint density at radius 2 is 2.45 bits per heavy atom. The van der Waals surface area contributed by atoms with E-state index in [9.17, 15) is 4.79 Å². The van der Waals surface area contributed by atoms with Gasteiger partial charge in [-0.3, -0.25) is 9.89 Å². The zero-order valence-corrected chi connectivity index (χ0v) is 12.8. The summed E-state index contributed by atoms with van der Waals surface area (Å²) < 4.78 is 6.06. The number of piperidine rings is 1. The SMILES string of the molecule is Cc1cc(Br)oc1C(=O)N1CCC[C@@H](c2ccn[nH]2)C1. The lowest BCUT2D eigenvalue weighted by Crippen LogP contribution is -2.39. The number of hydrogen-bond acceptors (Lipinski definition) is 3. The van der Waals surface area contributed by atoms with Crippen molar-refractivity contribution >= 4 is 21.8 Å². The molecule has 3 heterocycles. The number of carbonyl (C=O) groups is 1. The number of rotatable bonds is 2. The highest BCUT2D eigenvalue weighted by Crippen LogP contribution is 2.28. The lowest BCUT2D eigenvalue weighted by molar-refractivity contribution is 0.0671. The second-order valence-corrected chi connectivity index (χ2v) is 5.95. The summed E-state index contributed by atoms with van der Waals surface area (Å²) in [6, 6.07) is 3.80. The van der Waals surface area contributed by atoms with Crippen LogP contribution in [0.3, 0.4) is 0 Å². The number of aromatic nitrogens is 2. The minimum Gasteiger partial charge on any atom is -0.444 e. The van der Waals surface area contributed by atoms with Crippen LogP contribution in [0.15, 0.2) is 27.4 Å². The summed E-state index contributed by atoms with van der Waals surface area (Å²) in [6.45, 7) is 3.37. The van der Waals surface area contributed by atoms with Crippen molar-refractivity contribution in [1.29, 1.82) is 0 Å². The number of amides is 1. The molecule has 0 aromatic carbocycles. The second kappa shape index (κ2) is 5.44. The zero-order chi connectivity index (χ0) is 14.1. The monoisotopic (exact) mass is 337 g/mol. The predicted octanol–water partition coefficient (Wildman–Crippen LogP) is 3.09. The highest BCUT2D eigenvalue weighted by molar-refractivity contribution is 9.10. The molecule has 0 saturated carbocycles. The molecule has 1 atom stereocenters. The molecule has 1 N–H and O–H groups in total. The molecule has 1 fully saturated rings. The molecule has 2 aromatic heterocycles. The van der Waals surface area contributed by atoms with Crippen LogP contribution in [-0.2, 0) is 0 Å². The number of nitrogens with zero attached hydrogens (tertiary/aromatic N) is 2. The van der Waals surface area contributed by atoms with E-state index < -0.39 is 0 Å². The van der Waals surface area contributed by atoms with E-state index >= 15 is 0 Å². The molecule has 106 valence electrons. The second-order valence-electron chi connectivity index (χ2n) is 5.16. The standard InChI is InChI=1S/C14H16BrN3O2/c1-9-7-12(15)20-13(9)14(19)18-6-2-3-10(8-18)11-4-5-16-17-11/h4-5,7,10H,2-3,6,8H2,1H3,(H,16,17)/t10-/m1/s1. The lowest BCUT2D eigenvalue weighted by Gasteiger charge is -2.31. The van der Waals surface area contributed by atoms with Crippen molar-refractivity contribution in [2.75, 3.05) is 13.1 Å². The molecule has 3 rings (SSSR count). The van der Waals surface area contributed by atoms with E-state index in [1.165, 1.54) is 0 Å². The number of carbonyl (C=O) groups excluding carboxylic acids is 1. The highest BCUT2D eigenvalue weighted by atomic mass is 79.9. The molecule has 20 heavy (non-hydrogen) atoms. The predicted molar refractivity (Wildman–Crippen MR) is 77.6 cm³/mol. The molecule has 0 radical (unpaired) electrons. The Hall–Kier alpha value is -1.56. The Balaban J connectivity index is 1.77. The van der Waals surface area contributed by atoms with E-state index in [2.05, 4.69) is 26.1 Å². The summed E-state index contributed by atoms with van der Waals surface area (Å²) in [6.07, 6.45) is 3.83. The van der Waals surface area contributed by atoms with Crippen LogP contribution < -0.4 is 0 Å². The van der Waals surface area contributed by atoms with Gasteiger partial charge in [0.1, 0.15) is 0 Å². The van der Waals surface area contributed by atoms with Gasteiger partial charge in [0.25, 0.3) is 5.91 Å². The number of likely N-dealkylation sites (tertiary alicyclic amines) is 1. The first-order valence-corrected chi connectivity index (χ1v) is 7.49. The Kier molecular flexibility index (Phi) is 3.65. The van der Waals surface area contributed by atoms with Gasteiger partial charge in [0, 0.05) is 36.5 Å². The normalized spacial score (nSPS) is 19.3. The Morgan fingerprint density at radius 1 is 1.60 bits per heavy atom. The summed E-state index contributed by atoms with van der Waals surface area (Å²) in [5.74, 6) is 0.730. The summed E-state index contributed by atoms with van der Waals surface area (Å²) >= 11 is 3.27. The van der Waals surface area contributed by atoms with Gasteiger partial charge in [-0.2, -0.15) is 5.10 Å². The van der Waals surface area contributed by atoms with Crippen molar-refractivity contribution < 1.29 is 9.21 Å². The minimum atomic E-state index is -0.0302. The quantitative estimate of drug-likeness (QED) is 0.915. The molecule has 2 aromatic rings. The average Bonchev–Trinajstić information content (AvgIpc) is 3.08. The summed E-state index contributed by atoms with van der Waals surface area (Å²) in [4.78, 5) is 14.4. The number of aromatic amines is 1. The van der Waals surface area contributed by atoms with Gasteiger partial charge in [-0.15, -0.1) is 0 Å². The maximum Gasteiger partial charge on any atom is 0.289 e. The van der Waals surface area contributed by atoms with E-state index in [1.807, 2.05) is 24.0 Å². The number of furan rings is 1. The third-order valence-electron chi connectivity index (χ3n) is 3.75. The van der Waals surface area contributed by atoms with Gasteiger partial charge in [-0.25, -0.2) is 0 Å². The van der Waals surface area contributed by atoms with Crippen molar-refractivity contribution in [3.63, 3.8) is 0 Å². The number of hydrogen-bond donors (Lipinski definition) is 1. The summed E-state index contributed by atoms with van der Waals surface area (Å²) in [5.41, 5.74) is 1.96. The first kappa shape index (κ1) is 13.4. The smallest absolute Gasteiger partial charge is 0.289 e. The van der Waals surface area contributed by atoms with Crippen LogP contribution in [0.5, 0.6) is 0 Å². The van der Waals surface area contributed by atoms with Gasteiger partial charge in [0.2, 0.25) is 0 Å². The largest absolute Gasteiger partial charge is 0.444 e. The summed E-state index contributed by atoms with van der Waals surface area (Å²) in [5, 5.41) is 6.99. The zero-order valence-electron chi connectivity index (χ0n) is 11.2. The van der Waals surface area contributed by atoms with Gasteiger partial charge in [0.05, 0.1) is 0 Å². The molecule has 1 amide bonds. The number of aryl methyl sites for hydroxylation is 1. The van der Waals surface area contributed by atoms with E-state index in [1.54, 1.807) is 6.20 Å². The van der Waals surface area contributed by atoms with E-state index in [-0.39, 0.29) is 5.91 Å². The van der Waals surface area contributed by atoms with Crippen LogP contribution in [0.25, 0.3) is 0 Å². The van der Waals surface area contributed by atoms with Gasteiger partial charge < -0.3 is 9.32 Å². The molecule has 1 saturated heterocycles. The maximum absolute atomic E-state index is 12.5. The molecule has 0 aliphatic carbocycles. The van der Waals surface area contributed by atoms with Gasteiger partial charge >= 0.3 is 0 Å². The van der Waals surface area contributed by atoms with Gasteiger partial charge in [-0.05, 0) is 47.8 Å². The van der Waals surface area contributed by atoms with Crippen molar-refractivity contribution in [2.45, 2.75) is 25.7 Å². The molecule has 0 bridgehead atoms. The minimum absolute atomic E-state index is 0.0302. The first-order chi connectivity index (χ1) is 9.65. The van der Waals surface area contributed by atoms with E-state index in [4.69, 9.17) is 4.42 Å². The van der Waals surface area contributed by atoms with Gasteiger partial charge in [-0.1, -0.05) is 0 Å². The Morgan fingerprint density at radius 3 is 3.10 bits per heavy atom. The van der Waals surface area contributed by atoms with Crippen molar-refractivity contribution in [3.8, 4) is 0 Å². The molecule has 1 aliphatic rings. The molecule has 5 nitrogen and oxygen atoms in total. The lowest BCUT2D eigenvalue weighted by atomic mass is 9.94. The molecule has 1 aliphatic heterocycles. The fourth-order valence-corrected chi connectivity index (χ4v) is 3.21. The molecule has 0 unspecified atom stereocenters. The third-order valence-corrected chi connectivity index (χ3v) is 4.14. The van der Waals surface area contributed by atoms with E-state index in [0.29, 0.717) is 22.9 Å². The van der Waals surface area contributed by atoms with Crippen LogP contribution in [0.1, 0.15) is 40.6 Å². The number of H-pyrrole nitrogens is 1. The van der Waals surface area contributed by atoms with Crippen molar-refractivity contribution in [2.24, 2.45) is 0 Å². The number of nitrogens with one attached hydrogen (secondary N) is 1. The topological polar surface area (TPSA) is 62.1 Å². The highest BCUT2D eigenvalue weighted by Gasteiger charge is 2.28. The number of halogens is 1. The van der Waals surface area contributed by atoms with Crippen LogP contribution in [0.4, 0.5) is 0 Å². The third kappa shape index (κ3) is 2.52. The van der Waals surface area contributed by atoms with Crippen LogP contribution in [0.2, 0.25) is 0 Å². The van der Waals surface area contributed by atoms with Crippen LogP contribution >= 0.6 is 15.9 Å². The molecular weight excluding hydrogens is 322 g/mol. The Labute approximate surface area is 125 Å².